The quantitative estimate of drug-likeness (QED) is 0.325. The van der Waals surface area contributed by atoms with Crippen molar-refractivity contribution >= 4 is 32.6 Å². The molecule has 1 amide bonds. The minimum Gasteiger partial charge on any atom is -0.457 e. The molecule has 3 aromatic carbocycles. The van der Waals surface area contributed by atoms with Crippen LogP contribution < -0.4 is 14.4 Å². The summed E-state index contributed by atoms with van der Waals surface area (Å²) < 4.78 is 53.9. The highest BCUT2D eigenvalue weighted by Gasteiger charge is 2.32. The highest BCUT2D eigenvalue weighted by molar-refractivity contribution is 7.92. The van der Waals surface area contributed by atoms with Gasteiger partial charge in [0.1, 0.15) is 28.7 Å². The monoisotopic (exact) mass is 561 g/mol. The molecule has 40 heavy (non-hydrogen) atoms. The highest BCUT2D eigenvalue weighted by atomic mass is 32.2. The molecule has 0 fully saturated rings. The summed E-state index contributed by atoms with van der Waals surface area (Å²) in [7, 11) is -2.14. The summed E-state index contributed by atoms with van der Waals surface area (Å²) in [6.07, 6.45) is 2.69. The van der Waals surface area contributed by atoms with Crippen LogP contribution in [-0.4, -0.2) is 42.6 Å². The number of fused-ring (bicyclic) bond motifs is 3. The van der Waals surface area contributed by atoms with Crippen LogP contribution in [0.3, 0.4) is 0 Å². The first-order chi connectivity index (χ1) is 19.1. The van der Waals surface area contributed by atoms with Crippen LogP contribution in [0.15, 0.2) is 71.3 Å². The number of rotatable bonds is 5. The molecule has 5 aromatic rings. The summed E-state index contributed by atoms with van der Waals surface area (Å²) in [6.45, 7) is 1.95. The Labute approximate surface area is 229 Å². The molecule has 0 saturated carbocycles. The van der Waals surface area contributed by atoms with Gasteiger partial charge in [0.2, 0.25) is 10.0 Å². The lowest BCUT2D eigenvalue weighted by Crippen LogP contribution is -2.29. The fourth-order valence-corrected chi connectivity index (χ4v) is 5.81. The van der Waals surface area contributed by atoms with Crippen molar-refractivity contribution in [3.05, 3.63) is 89.5 Å². The van der Waals surface area contributed by atoms with Crippen LogP contribution in [0.1, 0.15) is 34.6 Å². The molecule has 6 rings (SSSR count). The number of halogens is 1. The Morgan fingerprint density at radius 1 is 1.10 bits per heavy atom. The van der Waals surface area contributed by atoms with Crippen LogP contribution in [0.2, 0.25) is 0 Å². The van der Waals surface area contributed by atoms with Gasteiger partial charge >= 0.3 is 0 Å². The van der Waals surface area contributed by atoms with Crippen molar-refractivity contribution in [1.82, 2.24) is 20.3 Å². The van der Waals surface area contributed by atoms with E-state index in [-0.39, 0.29) is 24.3 Å². The van der Waals surface area contributed by atoms with Gasteiger partial charge in [-0.05, 0) is 61.5 Å². The number of furan rings is 1. The summed E-state index contributed by atoms with van der Waals surface area (Å²) >= 11 is 0. The number of amides is 1. The fourth-order valence-electron chi connectivity index (χ4n) is 4.93. The van der Waals surface area contributed by atoms with Crippen LogP contribution in [-0.2, 0) is 16.6 Å². The first kappa shape index (κ1) is 25.6. The molecule has 0 radical (unpaired) electrons. The Balaban J connectivity index is 1.49. The number of sulfonamides is 1. The first-order valence-electron chi connectivity index (χ1n) is 12.4. The number of hydrogen-bond donors (Lipinski definition) is 1. The third-order valence-electron chi connectivity index (χ3n) is 6.90. The van der Waals surface area contributed by atoms with E-state index >= 15 is 0 Å². The maximum Gasteiger partial charge on any atom is 0.255 e. The predicted molar refractivity (Wildman–Crippen MR) is 146 cm³/mol. The zero-order valence-electron chi connectivity index (χ0n) is 21.8. The number of aromatic nitrogens is 3. The van der Waals surface area contributed by atoms with Gasteiger partial charge in [-0.2, -0.15) is 0 Å². The summed E-state index contributed by atoms with van der Waals surface area (Å²) in [5.41, 5.74) is 3.03. The topological polar surface area (TPSA) is 120 Å². The van der Waals surface area contributed by atoms with Crippen molar-refractivity contribution in [3.63, 3.8) is 0 Å². The van der Waals surface area contributed by atoms with Gasteiger partial charge in [-0.1, -0.05) is 5.21 Å². The summed E-state index contributed by atoms with van der Waals surface area (Å²) in [5, 5.41) is 11.4. The molecule has 1 unspecified atom stereocenters. The lowest BCUT2D eigenvalue weighted by molar-refractivity contribution is 0.0964. The van der Waals surface area contributed by atoms with Gasteiger partial charge in [-0.25, -0.2) is 17.5 Å². The van der Waals surface area contributed by atoms with E-state index in [9.17, 15) is 17.6 Å². The SMILES string of the molecule is CNC(=O)c1c(-c2ccc(Oc3ccc(F)cc3)cc2)oc2cc3c(cc12)C(C)n1nncc1CN3S(C)(=O)=O. The predicted octanol–water partition coefficient (Wildman–Crippen LogP) is 4.87. The average Bonchev–Trinajstić information content (AvgIpc) is 3.53. The molecule has 0 saturated heterocycles. The molecular weight excluding hydrogens is 537 g/mol. The van der Waals surface area contributed by atoms with E-state index in [4.69, 9.17) is 9.15 Å². The molecule has 2 aromatic heterocycles. The number of nitrogens with zero attached hydrogens (tertiary/aromatic N) is 4. The van der Waals surface area contributed by atoms with Gasteiger partial charge in [-0.3, -0.25) is 9.10 Å². The van der Waals surface area contributed by atoms with Crippen LogP contribution >= 0.6 is 0 Å². The fraction of sp³-hybridized carbons (Fsp3) is 0.179. The van der Waals surface area contributed by atoms with Crippen LogP contribution in [0.25, 0.3) is 22.3 Å². The lowest BCUT2D eigenvalue weighted by Gasteiger charge is -2.22. The summed E-state index contributed by atoms with van der Waals surface area (Å²) in [6, 6.07) is 15.7. The van der Waals surface area contributed by atoms with E-state index in [1.807, 2.05) is 6.92 Å². The Hall–Kier alpha value is -4.71. The second-order valence-corrected chi connectivity index (χ2v) is 11.4. The van der Waals surface area contributed by atoms with Gasteiger partial charge in [0.15, 0.2) is 0 Å². The van der Waals surface area contributed by atoms with E-state index in [0.29, 0.717) is 56.3 Å². The maximum atomic E-state index is 13.2. The van der Waals surface area contributed by atoms with Crippen molar-refractivity contribution in [2.24, 2.45) is 0 Å². The summed E-state index contributed by atoms with van der Waals surface area (Å²) in [5.74, 6) is 0.597. The van der Waals surface area contributed by atoms with Gasteiger partial charge in [0.05, 0.1) is 42.0 Å². The molecule has 0 spiro atoms. The Morgan fingerprint density at radius 2 is 1.77 bits per heavy atom. The molecule has 0 bridgehead atoms. The molecule has 204 valence electrons. The van der Waals surface area contributed by atoms with Gasteiger partial charge in [0.25, 0.3) is 5.91 Å². The average molecular weight is 562 g/mol. The third-order valence-corrected chi connectivity index (χ3v) is 8.02. The summed E-state index contributed by atoms with van der Waals surface area (Å²) in [4.78, 5) is 13.2. The second kappa shape index (κ2) is 9.49. The van der Waals surface area contributed by atoms with E-state index < -0.39 is 10.0 Å². The Morgan fingerprint density at radius 3 is 2.42 bits per heavy atom. The zero-order chi connectivity index (χ0) is 28.2. The van der Waals surface area contributed by atoms with Crippen LogP contribution in [0.5, 0.6) is 11.5 Å². The van der Waals surface area contributed by atoms with Gasteiger partial charge < -0.3 is 14.5 Å². The molecular formula is C28H24FN5O5S. The standard InChI is InChI=1S/C28H24FN5O5S/c1-16-22-12-23-25(13-24(22)33(40(3,36)37)15-19-14-31-32-34(16)19)39-27(26(23)28(35)30-2)17-4-8-20(9-5-17)38-21-10-6-18(29)7-11-21/h4-14,16H,15H2,1-3H3,(H,30,35). The van der Waals surface area contributed by atoms with Crippen LogP contribution in [0, 0.1) is 5.82 Å². The van der Waals surface area contributed by atoms with E-state index in [2.05, 4.69) is 15.6 Å². The Kier molecular flexibility index (Phi) is 6.06. The number of benzene rings is 3. The number of nitrogens with one attached hydrogen (secondary N) is 1. The zero-order valence-corrected chi connectivity index (χ0v) is 22.6. The maximum absolute atomic E-state index is 13.2. The lowest BCUT2D eigenvalue weighted by atomic mass is 9.99. The third kappa shape index (κ3) is 4.35. The largest absolute Gasteiger partial charge is 0.457 e. The minimum absolute atomic E-state index is 0.0556. The van der Waals surface area contributed by atoms with Crippen molar-refractivity contribution in [2.75, 3.05) is 17.6 Å². The number of carbonyl (C=O) groups excluding carboxylic acids is 1. The van der Waals surface area contributed by atoms with Gasteiger partial charge in [0, 0.05) is 29.6 Å². The van der Waals surface area contributed by atoms with Crippen molar-refractivity contribution in [1.29, 1.82) is 0 Å². The highest BCUT2D eigenvalue weighted by Crippen LogP contribution is 2.42. The molecule has 3 heterocycles. The minimum atomic E-state index is -3.68. The number of carbonyl (C=O) groups is 1. The van der Waals surface area contributed by atoms with Crippen molar-refractivity contribution < 1.29 is 26.8 Å². The number of hydrogen-bond acceptors (Lipinski definition) is 7. The molecule has 1 aliphatic rings. The smallest absolute Gasteiger partial charge is 0.255 e. The van der Waals surface area contributed by atoms with Gasteiger partial charge in [-0.15, -0.1) is 5.10 Å². The normalized spacial score (nSPS) is 14.9. The Bertz CT molecular complexity index is 1860. The molecule has 0 aliphatic carbocycles. The molecule has 10 nitrogen and oxygen atoms in total. The molecule has 1 atom stereocenters. The van der Waals surface area contributed by atoms with Crippen molar-refractivity contribution in [3.8, 4) is 22.8 Å². The molecule has 1 N–H and O–H groups in total. The van der Waals surface area contributed by atoms with E-state index in [1.165, 1.54) is 35.6 Å². The van der Waals surface area contributed by atoms with E-state index in [0.717, 1.165) is 6.26 Å². The molecule has 12 heteroatoms. The molecule has 1 aliphatic heterocycles. The second-order valence-electron chi connectivity index (χ2n) is 9.49. The number of anilines is 1. The van der Waals surface area contributed by atoms with E-state index in [1.54, 1.807) is 47.3 Å². The van der Waals surface area contributed by atoms with Crippen molar-refractivity contribution in [2.45, 2.75) is 19.5 Å². The first-order valence-corrected chi connectivity index (χ1v) is 14.2. The number of ether oxygens (including phenoxy) is 1. The van der Waals surface area contributed by atoms with Crippen LogP contribution in [0.4, 0.5) is 10.1 Å².